The average Bonchev–Trinajstić information content (AvgIpc) is 2.17. The molecule has 0 nitrogen and oxygen atoms in total. The van der Waals surface area contributed by atoms with E-state index in [0.29, 0.717) is 0 Å². The minimum atomic E-state index is -1.37. The summed E-state index contributed by atoms with van der Waals surface area (Å²) in [4.78, 5) is 0. The van der Waals surface area contributed by atoms with Gasteiger partial charge in [-0.1, -0.05) is 47.5 Å². The molecule has 1 heteroatoms. The van der Waals surface area contributed by atoms with Crippen molar-refractivity contribution in [3.8, 4) is 0 Å². The van der Waals surface area contributed by atoms with Crippen molar-refractivity contribution in [3.63, 3.8) is 0 Å². The van der Waals surface area contributed by atoms with Crippen molar-refractivity contribution < 1.29 is 0 Å². The molecule has 0 aromatic heterocycles. The second-order valence-electron chi connectivity index (χ2n) is 7.78. The van der Waals surface area contributed by atoms with Gasteiger partial charge < -0.3 is 0 Å². The molecule has 0 heterocycles. The molecule has 0 N–H and O–H groups in total. The SMILES string of the molecule is CCC[SH](C)(C)(C)CC(C)C(C)C(CC)CC. The van der Waals surface area contributed by atoms with Gasteiger partial charge in [-0.3, -0.25) is 9.16 Å². The summed E-state index contributed by atoms with van der Waals surface area (Å²) in [5, 5.41) is 0. The molecule has 17 heavy (non-hydrogen) atoms. The maximum Gasteiger partial charge on any atom is -0.0334 e. The van der Waals surface area contributed by atoms with Gasteiger partial charge in [0.25, 0.3) is 0 Å². The molecule has 0 rings (SSSR count). The molecule has 0 spiro atoms. The molecule has 0 aromatic rings. The maximum atomic E-state index is 2.59. The van der Waals surface area contributed by atoms with Gasteiger partial charge in [0.2, 0.25) is 0 Å². The third kappa shape index (κ3) is 6.18. The maximum absolute atomic E-state index is 2.59. The molecular formula is C16H38S. The van der Waals surface area contributed by atoms with Crippen LogP contribution in [0.2, 0.25) is 0 Å². The fourth-order valence-corrected chi connectivity index (χ4v) is 7.96. The highest BCUT2D eigenvalue weighted by atomic mass is 32.3. The van der Waals surface area contributed by atoms with Gasteiger partial charge in [-0.25, -0.2) is 0 Å². The quantitative estimate of drug-likeness (QED) is 0.580. The van der Waals surface area contributed by atoms with E-state index in [2.05, 4.69) is 53.4 Å². The summed E-state index contributed by atoms with van der Waals surface area (Å²) < 4.78 is 0. The highest BCUT2D eigenvalue weighted by molar-refractivity contribution is 8.48. The van der Waals surface area contributed by atoms with E-state index in [0.717, 1.165) is 17.8 Å². The Bertz CT molecular complexity index is 207. The third-order valence-corrected chi connectivity index (χ3v) is 8.74. The van der Waals surface area contributed by atoms with E-state index in [1.165, 1.54) is 30.8 Å². The van der Waals surface area contributed by atoms with E-state index in [1.807, 2.05) is 0 Å². The van der Waals surface area contributed by atoms with Crippen LogP contribution in [-0.4, -0.2) is 30.3 Å². The molecular weight excluding hydrogens is 224 g/mol. The van der Waals surface area contributed by atoms with Crippen molar-refractivity contribution >= 4 is 9.16 Å². The molecule has 2 atom stereocenters. The Labute approximate surface area is 111 Å². The van der Waals surface area contributed by atoms with E-state index in [4.69, 9.17) is 0 Å². The highest BCUT2D eigenvalue weighted by Gasteiger charge is 2.30. The predicted octanol–water partition coefficient (Wildman–Crippen LogP) is 5.07. The lowest BCUT2D eigenvalue weighted by Crippen LogP contribution is -2.30. The molecule has 108 valence electrons. The molecule has 2 unspecified atom stereocenters. The lowest BCUT2D eigenvalue weighted by atomic mass is 9.82. The van der Waals surface area contributed by atoms with Crippen LogP contribution in [0, 0.1) is 17.8 Å². The van der Waals surface area contributed by atoms with Crippen LogP contribution < -0.4 is 0 Å². The minimum absolute atomic E-state index is 0.892. The fourth-order valence-electron chi connectivity index (χ4n) is 3.65. The van der Waals surface area contributed by atoms with Crippen LogP contribution in [0.4, 0.5) is 0 Å². The Morgan fingerprint density at radius 1 is 0.882 bits per heavy atom. The van der Waals surface area contributed by atoms with Crippen molar-refractivity contribution in [2.75, 3.05) is 30.3 Å². The Morgan fingerprint density at radius 2 is 1.35 bits per heavy atom. The van der Waals surface area contributed by atoms with Gasteiger partial charge in [-0.05, 0) is 54.4 Å². The van der Waals surface area contributed by atoms with Gasteiger partial charge in [0, 0.05) is 0 Å². The third-order valence-electron chi connectivity index (χ3n) is 4.71. The first-order valence-corrected chi connectivity index (χ1v) is 11.6. The summed E-state index contributed by atoms with van der Waals surface area (Å²) in [6.45, 7) is 12.0. The van der Waals surface area contributed by atoms with Crippen molar-refractivity contribution in [1.82, 2.24) is 0 Å². The molecule has 0 aromatic carbocycles. The zero-order chi connectivity index (χ0) is 13.7. The Kier molecular flexibility index (Phi) is 6.63. The predicted molar refractivity (Wildman–Crippen MR) is 89.2 cm³/mol. The standard InChI is InChI=1S/C16H38S/c1-9-12-17(6,7,8)13-14(4)15(5)16(10-2)11-3/h14-17H,9-13H2,1-8H3. The lowest BCUT2D eigenvalue weighted by molar-refractivity contribution is 0.264. The second kappa shape index (κ2) is 6.50. The number of rotatable bonds is 8. The normalized spacial score (nSPS) is 18.8. The monoisotopic (exact) mass is 262 g/mol. The Morgan fingerprint density at radius 3 is 1.71 bits per heavy atom. The first-order chi connectivity index (χ1) is 7.64. The fraction of sp³-hybridized carbons (Fsp3) is 1.00. The topological polar surface area (TPSA) is 0 Å². The first kappa shape index (κ1) is 17.4. The van der Waals surface area contributed by atoms with Crippen LogP contribution >= 0.6 is 9.16 Å². The van der Waals surface area contributed by atoms with Gasteiger partial charge >= 0.3 is 0 Å². The summed E-state index contributed by atoms with van der Waals surface area (Å²) >= 11 is 0. The van der Waals surface area contributed by atoms with E-state index < -0.39 is 9.16 Å². The van der Waals surface area contributed by atoms with Crippen LogP contribution in [-0.2, 0) is 0 Å². The van der Waals surface area contributed by atoms with E-state index in [-0.39, 0.29) is 0 Å². The molecule has 0 radical (unpaired) electrons. The van der Waals surface area contributed by atoms with Crippen molar-refractivity contribution in [2.24, 2.45) is 17.8 Å². The second-order valence-corrected chi connectivity index (χ2v) is 15.5. The summed E-state index contributed by atoms with van der Waals surface area (Å²) in [5.41, 5.74) is 0. The molecule has 0 bridgehead atoms. The number of hydrogen-bond donors (Lipinski definition) is 1. The minimum Gasteiger partial charge on any atom is -0.290 e. The van der Waals surface area contributed by atoms with Gasteiger partial charge in [-0.15, -0.1) is 0 Å². The van der Waals surface area contributed by atoms with Gasteiger partial charge in [0.1, 0.15) is 0 Å². The molecule has 0 aliphatic rings. The molecule has 0 aliphatic carbocycles. The summed E-state index contributed by atoms with van der Waals surface area (Å²) in [7, 11) is -1.37. The first-order valence-electron chi connectivity index (χ1n) is 7.64. The highest BCUT2D eigenvalue weighted by Crippen LogP contribution is 2.61. The van der Waals surface area contributed by atoms with E-state index in [9.17, 15) is 0 Å². The summed E-state index contributed by atoms with van der Waals surface area (Å²) in [5.74, 6) is 5.66. The lowest BCUT2D eigenvalue weighted by Gasteiger charge is -2.54. The molecule has 0 saturated heterocycles. The zero-order valence-corrected chi connectivity index (χ0v) is 14.6. The largest absolute Gasteiger partial charge is 0.290 e. The van der Waals surface area contributed by atoms with Crippen LogP contribution in [0.1, 0.15) is 53.9 Å². The molecule has 0 amide bonds. The van der Waals surface area contributed by atoms with Crippen molar-refractivity contribution in [3.05, 3.63) is 0 Å². The van der Waals surface area contributed by atoms with Crippen LogP contribution in [0.15, 0.2) is 0 Å². The van der Waals surface area contributed by atoms with Crippen molar-refractivity contribution in [2.45, 2.75) is 53.9 Å². The number of thiol groups is 1. The van der Waals surface area contributed by atoms with Crippen LogP contribution in [0.3, 0.4) is 0 Å². The molecule has 0 fully saturated rings. The summed E-state index contributed by atoms with van der Waals surface area (Å²) in [6.07, 6.45) is 11.8. The summed E-state index contributed by atoms with van der Waals surface area (Å²) in [6, 6.07) is 0. The zero-order valence-electron chi connectivity index (χ0n) is 13.7. The van der Waals surface area contributed by atoms with E-state index >= 15 is 0 Å². The van der Waals surface area contributed by atoms with E-state index in [1.54, 1.807) is 0 Å². The van der Waals surface area contributed by atoms with Crippen molar-refractivity contribution in [1.29, 1.82) is 0 Å². The number of hydrogen-bond acceptors (Lipinski definition) is 0. The van der Waals surface area contributed by atoms with Gasteiger partial charge in [0.05, 0.1) is 0 Å². The molecule has 0 saturated carbocycles. The van der Waals surface area contributed by atoms with Crippen LogP contribution in [0.5, 0.6) is 0 Å². The van der Waals surface area contributed by atoms with Gasteiger partial charge in [0.15, 0.2) is 0 Å². The van der Waals surface area contributed by atoms with Crippen LogP contribution in [0.25, 0.3) is 0 Å². The average molecular weight is 263 g/mol. The molecule has 0 aliphatic heterocycles. The Hall–Kier alpha value is 0.350. The smallest absolute Gasteiger partial charge is 0.0334 e. The Balaban J connectivity index is 4.57. The van der Waals surface area contributed by atoms with Gasteiger partial charge in [-0.2, -0.15) is 0 Å².